The molecule has 472 valence electrons. The molecule has 12 rings (SSSR count). The maximum Gasteiger partial charge on any atom is 0.416 e. The van der Waals surface area contributed by atoms with Crippen molar-refractivity contribution in [1.29, 1.82) is 5.26 Å². The highest BCUT2D eigenvalue weighted by Crippen LogP contribution is 2.48. The summed E-state index contributed by atoms with van der Waals surface area (Å²) >= 11 is 0. The Balaban J connectivity index is 1.18. The van der Waals surface area contributed by atoms with Gasteiger partial charge < -0.3 is 9.13 Å². The first-order valence-corrected chi connectivity index (χ1v) is 27.1. The fourth-order valence-electron chi connectivity index (χ4n) is 11.6. The van der Waals surface area contributed by atoms with Gasteiger partial charge in [0.05, 0.1) is 96.4 Å². The minimum absolute atomic E-state index is 0.00581. The van der Waals surface area contributed by atoms with E-state index in [4.69, 9.17) is 0 Å². The molecule has 0 saturated carbocycles. The maximum absolute atomic E-state index is 14.3. The number of fused-ring (bicyclic) bond motifs is 6. The average Bonchev–Trinajstić information content (AvgIpc) is 1.58. The lowest BCUT2D eigenvalue weighted by Crippen LogP contribution is -2.11. The van der Waals surface area contributed by atoms with Crippen LogP contribution >= 0.6 is 0 Å². The van der Waals surface area contributed by atoms with Crippen molar-refractivity contribution in [3.63, 3.8) is 0 Å². The van der Waals surface area contributed by atoms with Crippen LogP contribution in [-0.4, -0.2) is 14.1 Å². The number of hydrogen-bond donors (Lipinski definition) is 0. The molecule has 3 heterocycles. The van der Waals surface area contributed by atoms with E-state index in [2.05, 4.69) is 4.98 Å². The van der Waals surface area contributed by atoms with Crippen LogP contribution in [0, 0.1) is 18.3 Å². The van der Waals surface area contributed by atoms with E-state index in [1.807, 2.05) is 6.07 Å². The van der Waals surface area contributed by atoms with Gasteiger partial charge in [0.1, 0.15) is 0 Å². The second kappa shape index (κ2) is 21.7. The molecule has 3 aromatic heterocycles. The number of hydrogen-bond acceptors (Lipinski definition) is 2. The van der Waals surface area contributed by atoms with Crippen LogP contribution < -0.4 is 0 Å². The lowest BCUT2D eigenvalue weighted by molar-refractivity contribution is -0.144. The molecule has 0 aliphatic carbocycles. The highest BCUT2D eigenvalue weighted by atomic mass is 19.4. The SMILES string of the molecule is Cc1cc(-c2ccc3c(c2)c2cc(-c4cc(C(F)(F)F)cc(C(F)(F)F)c4)ccc2n3-c2cncc(-n3c4ccc(-c5cc(C(F)(F)F)cc(C(F)(F)F)c5)cc4c4cc(-c5cc(C(F)(F)F)cc(C(F)(F)F)c5)ccc43)c2-c2cccc(C#N)c2)cc(C(F)(F)F)c1. The monoisotopic (exact) mass is 1300 g/mol. The summed E-state index contributed by atoms with van der Waals surface area (Å²) in [4.78, 5) is 4.60. The van der Waals surface area contributed by atoms with Crippen LogP contribution in [0.2, 0.25) is 0 Å². The summed E-state index contributed by atoms with van der Waals surface area (Å²) in [5, 5.41) is 10.4. The number of rotatable bonds is 7. The number of benzene rings is 9. The molecular weight excluding hydrogens is 1270 g/mol. The number of alkyl halides is 21. The predicted molar refractivity (Wildman–Crippen MR) is 305 cm³/mol. The summed E-state index contributed by atoms with van der Waals surface area (Å²) in [6, 6.07) is 28.8. The van der Waals surface area contributed by atoms with E-state index in [1.165, 1.54) is 107 Å². The second-order valence-electron chi connectivity index (χ2n) is 21.8. The zero-order valence-corrected chi connectivity index (χ0v) is 46.5. The van der Waals surface area contributed by atoms with E-state index in [0.717, 1.165) is 36.4 Å². The molecule has 0 bridgehead atoms. The van der Waals surface area contributed by atoms with Crippen LogP contribution in [0.3, 0.4) is 0 Å². The molecule has 0 amide bonds. The molecule has 0 spiro atoms. The molecule has 0 aliphatic rings. The van der Waals surface area contributed by atoms with Crippen molar-refractivity contribution in [3.8, 4) is 73.1 Å². The molecule has 0 unspecified atom stereocenters. The Morgan fingerprint density at radius 2 is 0.581 bits per heavy atom. The Hall–Kier alpha value is -10.3. The Morgan fingerprint density at radius 1 is 0.301 bits per heavy atom. The molecule has 0 saturated heterocycles. The van der Waals surface area contributed by atoms with Gasteiger partial charge in [-0.05, 0) is 190 Å². The third kappa shape index (κ3) is 11.8. The minimum atomic E-state index is -5.33. The molecule has 9 aromatic carbocycles. The van der Waals surface area contributed by atoms with Crippen molar-refractivity contribution < 1.29 is 92.2 Å². The van der Waals surface area contributed by atoms with Gasteiger partial charge in [0.2, 0.25) is 0 Å². The predicted octanol–water partition coefficient (Wildman–Crippen LogP) is 22.9. The molecule has 0 atom stereocenters. The lowest BCUT2D eigenvalue weighted by atomic mass is 9.96. The standard InChI is InChI=1S/C68H33F21N4/c1-33-13-40(16-44(14-33)62(69,70)71)35-5-9-55-51(23-35)52-24-36(41-17-45(63(72,73)74)27-46(18-41)64(75,76)77)6-10-56(52)92(55)59-31-91-32-60(61(59)39-4-2-3-34(15-39)30-90)93-57-11-7-37(42-19-47(65(78,79)80)28-48(20-42)66(81,82)83)25-53(57)54-26-38(8-12-58(54)93)43-21-49(67(84,85)86)29-50(22-43)68(87,88)89/h2-29,31-32H,1H3. The molecule has 0 aliphatic heterocycles. The minimum Gasteiger partial charge on any atom is -0.307 e. The number of nitriles is 1. The number of halogens is 21. The van der Waals surface area contributed by atoms with Gasteiger partial charge in [-0.25, -0.2) is 0 Å². The molecule has 93 heavy (non-hydrogen) atoms. The van der Waals surface area contributed by atoms with Gasteiger partial charge in [-0.15, -0.1) is 0 Å². The molecular formula is C68H33F21N4. The highest BCUT2D eigenvalue weighted by Gasteiger charge is 2.41. The van der Waals surface area contributed by atoms with E-state index in [0.29, 0.717) is 36.4 Å². The van der Waals surface area contributed by atoms with E-state index in [9.17, 15) is 97.5 Å². The molecule has 12 aromatic rings. The topological polar surface area (TPSA) is 46.5 Å². The van der Waals surface area contributed by atoms with Crippen LogP contribution in [0.1, 0.15) is 50.1 Å². The van der Waals surface area contributed by atoms with Crippen LogP contribution in [0.5, 0.6) is 0 Å². The Bertz CT molecular complexity index is 4850. The van der Waals surface area contributed by atoms with Gasteiger partial charge in [0, 0.05) is 27.1 Å². The smallest absolute Gasteiger partial charge is 0.307 e. The highest BCUT2D eigenvalue weighted by molar-refractivity contribution is 6.14. The number of nitrogens with zero attached hydrogens (tertiary/aromatic N) is 4. The summed E-state index contributed by atoms with van der Waals surface area (Å²) in [6.07, 6.45) is -34.1. The molecule has 0 fully saturated rings. The fraction of sp³-hybridized carbons (Fsp3) is 0.118. The first-order chi connectivity index (χ1) is 43.3. The van der Waals surface area contributed by atoms with Gasteiger partial charge in [0.25, 0.3) is 0 Å². The molecule has 0 radical (unpaired) electrons. The lowest BCUT2D eigenvalue weighted by Gasteiger charge is -2.20. The number of pyridine rings is 1. The Morgan fingerprint density at radius 3 is 0.860 bits per heavy atom. The van der Waals surface area contributed by atoms with Crippen molar-refractivity contribution in [2.75, 3.05) is 0 Å². The Kier molecular flexibility index (Phi) is 14.7. The summed E-state index contributed by atoms with van der Waals surface area (Å²) < 4.78 is 304. The number of aromatic nitrogens is 3. The first-order valence-electron chi connectivity index (χ1n) is 27.1. The third-order valence-electron chi connectivity index (χ3n) is 15.7. The molecule has 4 nitrogen and oxygen atoms in total. The molecule has 25 heteroatoms. The zero-order valence-electron chi connectivity index (χ0n) is 46.5. The Labute approximate surface area is 509 Å². The maximum atomic E-state index is 14.3. The summed E-state index contributed by atoms with van der Waals surface area (Å²) in [7, 11) is 0. The summed E-state index contributed by atoms with van der Waals surface area (Å²) in [6.45, 7) is 1.41. The van der Waals surface area contributed by atoms with Crippen molar-refractivity contribution in [3.05, 3.63) is 232 Å². The second-order valence-corrected chi connectivity index (χ2v) is 21.8. The third-order valence-corrected chi connectivity index (χ3v) is 15.7. The van der Waals surface area contributed by atoms with Gasteiger partial charge >= 0.3 is 43.2 Å². The van der Waals surface area contributed by atoms with Gasteiger partial charge in [-0.1, -0.05) is 42.5 Å². The van der Waals surface area contributed by atoms with E-state index < -0.39 is 98.9 Å². The first kappa shape index (κ1) is 62.9. The molecule has 0 N–H and O–H groups in total. The van der Waals surface area contributed by atoms with Gasteiger partial charge in [0.15, 0.2) is 0 Å². The van der Waals surface area contributed by atoms with Crippen LogP contribution in [0.4, 0.5) is 92.2 Å². The van der Waals surface area contributed by atoms with Crippen molar-refractivity contribution in [2.45, 2.75) is 50.2 Å². The fourth-order valence-corrected chi connectivity index (χ4v) is 11.6. The van der Waals surface area contributed by atoms with Crippen LogP contribution in [0.25, 0.3) is 111 Å². The van der Waals surface area contributed by atoms with E-state index in [1.54, 1.807) is 0 Å². The van der Waals surface area contributed by atoms with Gasteiger partial charge in [-0.2, -0.15) is 97.5 Å². The normalized spacial score (nSPS) is 13.0. The summed E-state index contributed by atoms with van der Waals surface area (Å²) in [5.41, 5.74) is -12.7. The van der Waals surface area contributed by atoms with Crippen LogP contribution in [0.15, 0.2) is 182 Å². The zero-order chi connectivity index (χ0) is 67.0. The van der Waals surface area contributed by atoms with Crippen molar-refractivity contribution in [2.24, 2.45) is 0 Å². The van der Waals surface area contributed by atoms with Crippen molar-refractivity contribution >= 4 is 43.6 Å². The average molecular weight is 1300 g/mol. The largest absolute Gasteiger partial charge is 0.416 e. The summed E-state index contributed by atoms with van der Waals surface area (Å²) in [5.74, 6) is 0. The van der Waals surface area contributed by atoms with Gasteiger partial charge in [-0.3, -0.25) is 4.98 Å². The van der Waals surface area contributed by atoms with Crippen LogP contribution in [-0.2, 0) is 43.2 Å². The number of aryl methyl sites for hydroxylation is 1. The quantitative estimate of drug-likeness (QED) is 0.149. The van der Waals surface area contributed by atoms with E-state index in [-0.39, 0.29) is 123 Å². The van der Waals surface area contributed by atoms with Crippen molar-refractivity contribution in [1.82, 2.24) is 14.1 Å². The van der Waals surface area contributed by atoms with E-state index >= 15 is 0 Å².